The molecule has 0 saturated heterocycles. The lowest BCUT2D eigenvalue weighted by Gasteiger charge is -2.23. The summed E-state index contributed by atoms with van der Waals surface area (Å²) in [6.07, 6.45) is -0.492. The van der Waals surface area contributed by atoms with Gasteiger partial charge in [0.15, 0.2) is 6.29 Å². The van der Waals surface area contributed by atoms with Crippen molar-refractivity contribution in [2.75, 3.05) is 14.2 Å². The van der Waals surface area contributed by atoms with E-state index in [4.69, 9.17) is 15.2 Å². The summed E-state index contributed by atoms with van der Waals surface area (Å²) >= 11 is 0. The van der Waals surface area contributed by atoms with E-state index in [1.165, 1.54) is 14.2 Å². The number of hydrogen-bond donors (Lipinski definition) is 2. The first-order valence-corrected chi connectivity index (χ1v) is 6.17. The summed E-state index contributed by atoms with van der Waals surface area (Å²) in [5, 5.41) is 2.78. The van der Waals surface area contributed by atoms with E-state index >= 15 is 0 Å². The van der Waals surface area contributed by atoms with Crippen LogP contribution in [0.4, 0.5) is 0 Å². The Morgan fingerprint density at radius 1 is 1.21 bits per heavy atom. The molecule has 0 saturated carbocycles. The van der Waals surface area contributed by atoms with Crippen LogP contribution in [0, 0.1) is 6.92 Å². The Bertz CT molecular complexity index is 402. The maximum Gasteiger partial charge on any atom is 0.241 e. The topological polar surface area (TPSA) is 73.6 Å². The van der Waals surface area contributed by atoms with Crippen LogP contribution < -0.4 is 11.1 Å². The maximum atomic E-state index is 12.0. The molecule has 1 aromatic rings. The summed E-state index contributed by atoms with van der Waals surface area (Å²) in [6.45, 7) is 3.79. The number of ether oxygens (including phenoxy) is 2. The number of nitrogens with two attached hydrogens (primary N) is 1. The Morgan fingerprint density at radius 3 is 2.21 bits per heavy atom. The highest BCUT2D eigenvalue weighted by Gasteiger charge is 2.22. The van der Waals surface area contributed by atoms with Gasteiger partial charge in [0.05, 0.1) is 6.04 Å². The number of aryl methyl sites for hydroxylation is 1. The van der Waals surface area contributed by atoms with Crippen molar-refractivity contribution in [2.24, 2.45) is 5.73 Å². The molecule has 1 aromatic carbocycles. The molecule has 1 amide bonds. The Kier molecular flexibility index (Phi) is 5.95. The molecule has 5 nitrogen and oxygen atoms in total. The lowest BCUT2D eigenvalue weighted by atomic mass is 10.1. The van der Waals surface area contributed by atoms with Crippen LogP contribution >= 0.6 is 0 Å². The van der Waals surface area contributed by atoms with E-state index in [1.807, 2.05) is 31.2 Å². The average molecular weight is 266 g/mol. The van der Waals surface area contributed by atoms with Gasteiger partial charge in [-0.3, -0.25) is 4.79 Å². The molecular weight excluding hydrogens is 244 g/mol. The van der Waals surface area contributed by atoms with E-state index < -0.39 is 12.3 Å². The number of carbonyl (C=O) groups is 1. The zero-order chi connectivity index (χ0) is 14.4. The largest absolute Gasteiger partial charge is 0.354 e. The predicted molar refractivity (Wildman–Crippen MR) is 73.5 cm³/mol. The van der Waals surface area contributed by atoms with Crippen molar-refractivity contribution >= 4 is 5.91 Å². The first kappa shape index (κ1) is 15.6. The predicted octanol–water partition coefficient (Wildman–Crippen LogP) is 1.12. The number of carbonyl (C=O) groups excluding carboxylic acids is 1. The monoisotopic (exact) mass is 266 g/mol. The van der Waals surface area contributed by atoms with Crippen molar-refractivity contribution in [3.8, 4) is 0 Å². The van der Waals surface area contributed by atoms with E-state index in [1.54, 1.807) is 6.92 Å². The number of rotatable bonds is 6. The van der Waals surface area contributed by atoms with Gasteiger partial charge in [0.25, 0.3) is 0 Å². The molecule has 5 heteroatoms. The summed E-state index contributed by atoms with van der Waals surface area (Å²) < 4.78 is 10.2. The van der Waals surface area contributed by atoms with Gasteiger partial charge in [-0.05, 0) is 19.4 Å². The van der Waals surface area contributed by atoms with E-state index in [9.17, 15) is 4.79 Å². The number of benzene rings is 1. The van der Waals surface area contributed by atoms with Crippen molar-refractivity contribution in [3.05, 3.63) is 35.4 Å². The molecule has 0 aliphatic rings. The molecule has 19 heavy (non-hydrogen) atoms. The highest BCUT2D eigenvalue weighted by molar-refractivity contribution is 5.83. The summed E-state index contributed by atoms with van der Waals surface area (Å²) in [4.78, 5) is 12.0. The van der Waals surface area contributed by atoms with Gasteiger partial charge in [0.1, 0.15) is 6.04 Å². The number of amides is 1. The first-order chi connectivity index (χ1) is 8.99. The molecule has 0 spiro atoms. The lowest BCUT2D eigenvalue weighted by molar-refractivity contribution is -0.136. The Morgan fingerprint density at radius 2 is 1.74 bits per heavy atom. The second-order valence-corrected chi connectivity index (χ2v) is 4.53. The summed E-state index contributed by atoms with van der Waals surface area (Å²) in [5.41, 5.74) is 7.83. The fraction of sp³-hybridized carbons (Fsp3) is 0.500. The highest BCUT2D eigenvalue weighted by atomic mass is 16.7. The molecule has 2 unspecified atom stereocenters. The van der Waals surface area contributed by atoms with Crippen LogP contribution in [0.1, 0.15) is 24.1 Å². The van der Waals surface area contributed by atoms with E-state index in [-0.39, 0.29) is 11.9 Å². The van der Waals surface area contributed by atoms with Crippen molar-refractivity contribution < 1.29 is 14.3 Å². The van der Waals surface area contributed by atoms with E-state index in [2.05, 4.69) is 5.32 Å². The number of hydrogen-bond acceptors (Lipinski definition) is 4. The van der Waals surface area contributed by atoms with Crippen LogP contribution in [-0.2, 0) is 14.3 Å². The molecular formula is C14H22N2O3. The fourth-order valence-electron chi connectivity index (χ4n) is 1.81. The normalized spacial score (nSPS) is 14.2. The third-order valence-electron chi connectivity index (χ3n) is 2.96. The molecule has 0 radical (unpaired) electrons. The van der Waals surface area contributed by atoms with E-state index in [0.29, 0.717) is 0 Å². The summed E-state index contributed by atoms with van der Waals surface area (Å²) in [6, 6.07) is 6.59. The molecule has 0 aliphatic heterocycles. The minimum absolute atomic E-state index is 0.254. The van der Waals surface area contributed by atoms with Gasteiger partial charge < -0.3 is 20.5 Å². The minimum Gasteiger partial charge on any atom is -0.354 e. The molecule has 3 N–H and O–H groups in total. The average Bonchev–Trinajstić information content (AvgIpc) is 2.40. The van der Waals surface area contributed by atoms with Gasteiger partial charge in [0, 0.05) is 14.2 Å². The van der Waals surface area contributed by atoms with Crippen LogP contribution in [0.25, 0.3) is 0 Å². The Labute approximate surface area is 114 Å². The second kappa shape index (κ2) is 7.23. The van der Waals surface area contributed by atoms with Gasteiger partial charge in [-0.2, -0.15) is 0 Å². The minimum atomic E-state index is -0.697. The maximum absolute atomic E-state index is 12.0. The van der Waals surface area contributed by atoms with Crippen molar-refractivity contribution in [1.82, 2.24) is 5.32 Å². The van der Waals surface area contributed by atoms with Crippen LogP contribution in [0.15, 0.2) is 24.3 Å². The van der Waals surface area contributed by atoms with E-state index in [0.717, 1.165) is 11.1 Å². The quantitative estimate of drug-likeness (QED) is 0.757. The van der Waals surface area contributed by atoms with Gasteiger partial charge >= 0.3 is 0 Å². The SMILES string of the molecule is COC(OC)C(C)NC(=O)C(N)c1ccc(C)cc1. The lowest BCUT2D eigenvalue weighted by Crippen LogP contribution is -2.46. The first-order valence-electron chi connectivity index (χ1n) is 6.17. The number of methoxy groups -OCH3 is 2. The van der Waals surface area contributed by atoms with Crippen LogP contribution in [-0.4, -0.2) is 32.5 Å². The Balaban J connectivity index is 2.64. The number of nitrogens with one attached hydrogen (secondary N) is 1. The van der Waals surface area contributed by atoms with Crippen LogP contribution in [0.2, 0.25) is 0 Å². The molecule has 0 bridgehead atoms. The third kappa shape index (κ3) is 4.31. The standard InChI is InChI=1S/C14H22N2O3/c1-9-5-7-11(8-6-9)12(15)13(17)16-10(2)14(18-3)19-4/h5-8,10,12,14H,15H2,1-4H3,(H,16,17). The molecule has 0 fully saturated rings. The molecule has 0 aromatic heterocycles. The van der Waals surface area contributed by atoms with Gasteiger partial charge in [-0.1, -0.05) is 29.8 Å². The molecule has 1 rings (SSSR count). The molecule has 0 heterocycles. The van der Waals surface area contributed by atoms with Crippen molar-refractivity contribution in [1.29, 1.82) is 0 Å². The van der Waals surface area contributed by atoms with Gasteiger partial charge in [0.2, 0.25) is 5.91 Å². The van der Waals surface area contributed by atoms with Crippen molar-refractivity contribution in [3.63, 3.8) is 0 Å². The summed E-state index contributed by atoms with van der Waals surface area (Å²) in [5.74, 6) is -0.254. The molecule has 106 valence electrons. The highest BCUT2D eigenvalue weighted by Crippen LogP contribution is 2.12. The summed E-state index contributed by atoms with van der Waals surface area (Å²) in [7, 11) is 3.05. The van der Waals surface area contributed by atoms with Crippen LogP contribution in [0.3, 0.4) is 0 Å². The van der Waals surface area contributed by atoms with Crippen LogP contribution in [0.5, 0.6) is 0 Å². The van der Waals surface area contributed by atoms with Gasteiger partial charge in [-0.25, -0.2) is 0 Å². The zero-order valence-electron chi connectivity index (χ0n) is 11.8. The fourth-order valence-corrected chi connectivity index (χ4v) is 1.81. The molecule has 2 atom stereocenters. The van der Waals surface area contributed by atoms with Gasteiger partial charge in [-0.15, -0.1) is 0 Å². The smallest absolute Gasteiger partial charge is 0.241 e. The Hall–Kier alpha value is -1.43. The zero-order valence-corrected chi connectivity index (χ0v) is 11.8. The second-order valence-electron chi connectivity index (χ2n) is 4.53. The molecule has 0 aliphatic carbocycles. The van der Waals surface area contributed by atoms with Crippen molar-refractivity contribution in [2.45, 2.75) is 32.2 Å². The third-order valence-corrected chi connectivity index (χ3v) is 2.96.